The number of nitrogens with zero attached hydrogens (tertiary/aromatic N) is 1. The van der Waals surface area contributed by atoms with Gasteiger partial charge in [0.25, 0.3) is 0 Å². The van der Waals surface area contributed by atoms with Crippen LogP contribution in [0.2, 0.25) is 0 Å². The summed E-state index contributed by atoms with van der Waals surface area (Å²) in [5.41, 5.74) is 7.50. The second-order valence-electron chi connectivity index (χ2n) is 4.46. The number of imidazole rings is 1. The largest absolute Gasteiger partial charge is 0.399 e. The minimum atomic E-state index is -3.38. The van der Waals surface area contributed by atoms with Crippen LogP contribution < -0.4 is 5.73 Å². The maximum absolute atomic E-state index is 12.3. The van der Waals surface area contributed by atoms with Crippen molar-refractivity contribution in [3.8, 4) is 0 Å². The minimum Gasteiger partial charge on any atom is -0.399 e. The van der Waals surface area contributed by atoms with Gasteiger partial charge in [-0.05, 0) is 31.5 Å². The molecule has 0 amide bonds. The third-order valence-electron chi connectivity index (χ3n) is 2.98. The highest BCUT2D eigenvalue weighted by molar-refractivity contribution is 7.91. The molecule has 6 heteroatoms. The van der Waals surface area contributed by atoms with Gasteiger partial charge in [-0.3, -0.25) is 0 Å². The number of rotatable bonds is 4. The van der Waals surface area contributed by atoms with Gasteiger partial charge in [-0.1, -0.05) is 13.3 Å². The van der Waals surface area contributed by atoms with Crippen molar-refractivity contribution in [1.29, 1.82) is 0 Å². The van der Waals surface area contributed by atoms with Gasteiger partial charge in [0.05, 0.1) is 16.3 Å². The van der Waals surface area contributed by atoms with Crippen LogP contribution in [-0.2, 0) is 9.84 Å². The van der Waals surface area contributed by atoms with Gasteiger partial charge in [-0.15, -0.1) is 0 Å². The standard InChI is InChI=1S/C12H17N3O2S/c1-3-4-8(2)18(16,17)12-14-10-6-5-9(13)7-11(10)15-12/h5-8H,3-4,13H2,1-2H3,(H,14,15). The molecule has 2 aromatic rings. The molecule has 5 nitrogen and oxygen atoms in total. The molecule has 1 heterocycles. The molecule has 0 aliphatic heterocycles. The van der Waals surface area contributed by atoms with Gasteiger partial charge in [-0.2, -0.15) is 0 Å². The van der Waals surface area contributed by atoms with E-state index in [1.54, 1.807) is 25.1 Å². The lowest BCUT2D eigenvalue weighted by molar-refractivity contribution is 0.569. The van der Waals surface area contributed by atoms with E-state index >= 15 is 0 Å². The predicted molar refractivity (Wildman–Crippen MR) is 72.1 cm³/mol. The number of aromatic nitrogens is 2. The summed E-state index contributed by atoms with van der Waals surface area (Å²) < 4.78 is 24.5. The average Bonchev–Trinajstić information content (AvgIpc) is 2.72. The number of fused-ring (bicyclic) bond motifs is 1. The van der Waals surface area contributed by atoms with Gasteiger partial charge in [0.2, 0.25) is 15.0 Å². The number of anilines is 1. The molecule has 1 aromatic heterocycles. The highest BCUT2D eigenvalue weighted by atomic mass is 32.2. The summed E-state index contributed by atoms with van der Waals surface area (Å²) in [7, 11) is -3.38. The summed E-state index contributed by atoms with van der Waals surface area (Å²) in [4.78, 5) is 6.97. The fourth-order valence-electron chi connectivity index (χ4n) is 1.89. The zero-order chi connectivity index (χ0) is 13.3. The van der Waals surface area contributed by atoms with Crippen LogP contribution in [0.4, 0.5) is 5.69 Å². The van der Waals surface area contributed by atoms with Crippen LogP contribution in [0.3, 0.4) is 0 Å². The molecule has 0 bridgehead atoms. The molecule has 1 aromatic carbocycles. The molecular formula is C12H17N3O2S. The van der Waals surface area contributed by atoms with Crippen molar-refractivity contribution in [3.63, 3.8) is 0 Å². The smallest absolute Gasteiger partial charge is 0.226 e. The van der Waals surface area contributed by atoms with Crippen LogP contribution in [-0.4, -0.2) is 23.6 Å². The quantitative estimate of drug-likeness (QED) is 0.830. The molecule has 18 heavy (non-hydrogen) atoms. The lowest BCUT2D eigenvalue weighted by Crippen LogP contribution is -2.18. The second kappa shape index (κ2) is 4.61. The Labute approximate surface area is 106 Å². The number of aromatic amines is 1. The van der Waals surface area contributed by atoms with Gasteiger partial charge in [0.1, 0.15) is 0 Å². The van der Waals surface area contributed by atoms with Crippen molar-refractivity contribution in [2.45, 2.75) is 37.1 Å². The number of benzene rings is 1. The maximum Gasteiger partial charge on any atom is 0.226 e. The third kappa shape index (κ3) is 2.20. The van der Waals surface area contributed by atoms with Crippen molar-refractivity contribution in [2.24, 2.45) is 0 Å². The average molecular weight is 267 g/mol. The van der Waals surface area contributed by atoms with Gasteiger partial charge >= 0.3 is 0 Å². The van der Waals surface area contributed by atoms with Crippen LogP contribution in [0, 0.1) is 0 Å². The molecule has 0 aliphatic carbocycles. The first kappa shape index (κ1) is 12.9. The van der Waals surface area contributed by atoms with Crippen molar-refractivity contribution in [1.82, 2.24) is 9.97 Å². The third-order valence-corrected chi connectivity index (χ3v) is 5.01. The molecule has 0 saturated carbocycles. The summed E-state index contributed by atoms with van der Waals surface area (Å²) in [5.74, 6) is 0. The Balaban J connectivity index is 2.48. The Morgan fingerprint density at radius 2 is 2.17 bits per heavy atom. The Morgan fingerprint density at radius 3 is 2.83 bits per heavy atom. The lowest BCUT2D eigenvalue weighted by Gasteiger charge is -2.08. The van der Waals surface area contributed by atoms with Gasteiger partial charge in [0.15, 0.2) is 0 Å². The van der Waals surface area contributed by atoms with Gasteiger partial charge < -0.3 is 10.7 Å². The molecule has 0 fully saturated rings. The van der Waals surface area contributed by atoms with Crippen LogP contribution in [0.15, 0.2) is 23.4 Å². The van der Waals surface area contributed by atoms with Gasteiger partial charge in [0, 0.05) is 5.69 Å². The fraction of sp³-hybridized carbons (Fsp3) is 0.417. The van der Waals surface area contributed by atoms with Crippen molar-refractivity contribution < 1.29 is 8.42 Å². The maximum atomic E-state index is 12.3. The number of hydrogen-bond acceptors (Lipinski definition) is 4. The monoisotopic (exact) mass is 267 g/mol. The molecule has 0 spiro atoms. The van der Waals surface area contributed by atoms with Gasteiger partial charge in [-0.25, -0.2) is 13.4 Å². The first-order chi connectivity index (χ1) is 8.45. The highest BCUT2D eigenvalue weighted by Gasteiger charge is 2.25. The molecule has 98 valence electrons. The van der Waals surface area contributed by atoms with Crippen LogP contribution >= 0.6 is 0 Å². The summed E-state index contributed by atoms with van der Waals surface area (Å²) in [6, 6.07) is 5.10. The Hall–Kier alpha value is -1.56. The molecule has 2 rings (SSSR count). The van der Waals surface area contributed by atoms with Crippen molar-refractivity contribution >= 4 is 26.6 Å². The summed E-state index contributed by atoms with van der Waals surface area (Å²) in [6.07, 6.45) is 1.45. The van der Waals surface area contributed by atoms with Crippen LogP contribution in [0.25, 0.3) is 11.0 Å². The van der Waals surface area contributed by atoms with E-state index in [-0.39, 0.29) is 5.16 Å². The highest BCUT2D eigenvalue weighted by Crippen LogP contribution is 2.21. The molecule has 0 aliphatic rings. The zero-order valence-corrected chi connectivity index (χ0v) is 11.3. The first-order valence-electron chi connectivity index (χ1n) is 5.94. The number of nitrogens with two attached hydrogens (primary N) is 1. The van der Waals surface area contributed by atoms with E-state index < -0.39 is 15.1 Å². The summed E-state index contributed by atoms with van der Waals surface area (Å²) in [6.45, 7) is 3.67. The van der Waals surface area contributed by atoms with E-state index in [1.165, 1.54) is 0 Å². The predicted octanol–water partition coefficient (Wildman–Crippen LogP) is 2.11. The summed E-state index contributed by atoms with van der Waals surface area (Å²) in [5, 5.41) is -0.399. The SMILES string of the molecule is CCCC(C)S(=O)(=O)c1nc2ccc(N)cc2[nH]1. The van der Waals surface area contributed by atoms with E-state index in [1.807, 2.05) is 6.92 Å². The van der Waals surface area contributed by atoms with E-state index in [9.17, 15) is 8.42 Å². The number of nitrogens with one attached hydrogen (secondary N) is 1. The van der Waals surface area contributed by atoms with Crippen molar-refractivity contribution in [3.05, 3.63) is 18.2 Å². The Bertz CT molecular complexity index is 661. The number of hydrogen-bond donors (Lipinski definition) is 2. The Kier molecular flexibility index (Phi) is 3.30. The van der Waals surface area contributed by atoms with Crippen LogP contribution in [0.5, 0.6) is 0 Å². The zero-order valence-electron chi connectivity index (χ0n) is 10.5. The molecule has 1 unspecified atom stereocenters. The number of sulfone groups is 1. The Morgan fingerprint density at radius 1 is 1.44 bits per heavy atom. The second-order valence-corrected chi connectivity index (χ2v) is 6.74. The first-order valence-corrected chi connectivity index (χ1v) is 7.49. The molecule has 0 radical (unpaired) electrons. The fourth-order valence-corrected chi connectivity index (χ4v) is 3.30. The lowest BCUT2D eigenvalue weighted by atomic mass is 10.3. The number of nitrogen functional groups attached to an aromatic ring is 1. The van der Waals surface area contributed by atoms with Crippen molar-refractivity contribution in [2.75, 3.05) is 5.73 Å². The van der Waals surface area contributed by atoms with E-state index in [2.05, 4.69) is 9.97 Å². The number of H-pyrrole nitrogens is 1. The van der Waals surface area contributed by atoms with E-state index in [4.69, 9.17) is 5.73 Å². The molecular weight excluding hydrogens is 250 g/mol. The normalized spacial score (nSPS) is 13.9. The molecule has 3 N–H and O–H groups in total. The van der Waals surface area contributed by atoms with E-state index in [0.717, 1.165) is 6.42 Å². The van der Waals surface area contributed by atoms with Crippen LogP contribution in [0.1, 0.15) is 26.7 Å². The minimum absolute atomic E-state index is 0.0315. The molecule has 1 atom stereocenters. The topological polar surface area (TPSA) is 88.8 Å². The summed E-state index contributed by atoms with van der Waals surface area (Å²) >= 11 is 0. The molecule has 0 saturated heterocycles. The van der Waals surface area contributed by atoms with E-state index in [0.29, 0.717) is 23.1 Å².